The summed E-state index contributed by atoms with van der Waals surface area (Å²) in [4.78, 5) is 0. The molecule has 1 aliphatic rings. The first-order valence-electron chi connectivity index (χ1n) is 18.8. The van der Waals surface area contributed by atoms with Gasteiger partial charge in [-0.15, -0.1) is 0 Å². The lowest BCUT2D eigenvalue weighted by Crippen LogP contribution is -2.31. The van der Waals surface area contributed by atoms with Gasteiger partial charge in [-0.1, -0.05) is 182 Å². The highest BCUT2D eigenvalue weighted by atomic mass is 16.3. The number of phenolic OH excluding ortho intramolecular Hbond substituents is 2. The molecule has 0 bridgehead atoms. The smallest absolute Gasteiger partial charge is 0.124 e. The lowest BCUT2D eigenvalue weighted by molar-refractivity contribution is 0.477. The maximum Gasteiger partial charge on any atom is 0.124 e. The first-order valence-corrected chi connectivity index (χ1v) is 18.8. The standard InChI is InChI=1S/C53H34O2/c54-47-31-27-33-13-1-5-17-37(33)49(47)43-29-25-35-15-3-7-19-39(35)51(43)53(45-23-11-9-21-41(45)42-22-10-12-24-46(42)53)52-40-20-8-4-16-36(40)26-30-44(52)50-38-18-6-2-14-34(38)28-32-48(50)55/h1-32,54-55H. The average molecular weight is 703 g/mol. The molecule has 0 heterocycles. The van der Waals surface area contributed by atoms with E-state index in [2.05, 4.69) is 158 Å². The number of phenols is 2. The van der Waals surface area contributed by atoms with Crippen LogP contribution in [0.15, 0.2) is 194 Å². The quantitative estimate of drug-likeness (QED) is 0.192. The fourth-order valence-electron chi connectivity index (χ4n) is 9.75. The van der Waals surface area contributed by atoms with Crippen LogP contribution in [0.1, 0.15) is 22.3 Å². The molecule has 0 radical (unpaired) electrons. The van der Waals surface area contributed by atoms with Crippen LogP contribution in [0.5, 0.6) is 11.5 Å². The Bertz CT molecular complexity index is 2970. The summed E-state index contributed by atoms with van der Waals surface area (Å²) in [5, 5.41) is 32.6. The van der Waals surface area contributed by atoms with Crippen molar-refractivity contribution in [3.63, 3.8) is 0 Å². The zero-order valence-electron chi connectivity index (χ0n) is 29.9. The van der Waals surface area contributed by atoms with Gasteiger partial charge in [0.25, 0.3) is 0 Å². The summed E-state index contributed by atoms with van der Waals surface area (Å²) in [5.74, 6) is 0.463. The van der Waals surface area contributed by atoms with Gasteiger partial charge in [-0.25, -0.2) is 0 Å². The number of hydrogen-bond donors (Lipinski definition) is 2. The lowest BCUT2D eigenvalue weighted by atomic mass is 9.61. The van der Waals surface area contributed by atoms with Crippen molar-refractivity contribution in [1.82, 2.24) is 0 Å². The van der Waals surface area contributed by atoms with E-state index in [4.69, 9.17) is 0 Å². The fourth-order valence-corrected chi connectivity index (χ4v) is 9.75. The van der Waals surface area contributed by atoms with Crippen LogP contribution in [0.3, 0.4) is 0 Å². The predicted molar refractivity (Wildman–Crippen MR) is 228 cm³/mol. The van der Waals surface area contributed by atoms with Gasteiger partial charge in [-0.2, -0.15) is 0 Å². The van der Waals surface area contributed by atoms with Crippen molar-refractivity contribution < 1.29 is 10.2 Å². The SMILES string of the molecule is Oc1ccc2ccccc2c1-c1ccc2ccccc2c1C1(c2c(-c3c(O)ccc4ccccc34)ccc3ccccc23)c2ccccc2-c2ccccc21. The Kier molecular flexibility index (Phi) is 6.80. The molecule has 2 nitrogen and oxygen atoms in total. The Morgan fingerprint density at radius 1 is 0.273 bits per heavy atom. The molecule has 0 aromatic heterocycles. The highest BCUT2D eigenvalue weighted by Gasteiger charge is 2.50. The van der Waals surface area contributed by atoms with Crippen molar-refractivity contribution in [2.45, 2.75) is 5.41 Å². The van der Waals surface area contributed by atoms with Gasteiger partial charge in [-0.05, 0) is 99.7 Å². The van der Waals surface area contributed by atoms with E-state index in [0.29, 0.717) is 0 Å². The van der Waals surface area contributed by atoms with Crippen molar-refractivity contribution in [3.8, 4) is 44.9 Å². The van der Waals surface area contributed by atoms with Crippen LogP contribution in [-0.2, 0) is 5.41 Å². The van der Waals surface area contributed by atoms with E-state index in [-0.39, 0.29) is 11.5 Å². The van der Waals surface area contributed by atoms with Gasteiger partial charge >= 0.3 is 0 Å². The number of benzene rings is 10. The highest BCUT2D eigenvalue weighted by Crippen LogP contribution is 2.63. The van der Waals surface area contributed by atoms with E-state index in [0.717, 1.165) is 87.6 Å². The zero-order valence-corrected chi connectivity index (χ0v) is 29.9. The molecule has 0 spiro atoms. The topological polar surface area (TPSA) is 40.5 Å². The third kappa shape index (κ3) is 4.37. The first-order chi connectivity index (χ1) is 27.1. The summed E-state index contributed by atoms with van der Waals surface area (Å²) in [6.07, 6.45) is 0. The van der Waals surface area contributed by atoms with Crippen molar-refractivity contribution >= 4 is 43.1 Å². The van der Waals surface area contributed by atoms with Crippen LogP contribution in [0.2, 0.25) is 0 Å². The molecule has 0 saturated heterocycles. The van der Waals surface area contributed by atoms with Gasteiger partial charge in [0.15, 0.2) is 0 Å². The second-order valence-corrected chi connectivity index (χ2v) is 14.6. The molecule has 0 amide bonds. The van der Waals surface area contributed by atoms with Gasteiger partial charge in [0.2, 0.25) is 0 Å². The average Bonchev–Trinajstić information content (AvgIpc) is 3.53. The van der Waals surface area contributed by atoms with Crippen LogP contribution in [-0.4, -0.2) is 10.2 Å². The van der Waals surface area contributed by atoms with Gasteiger partial charge < -0.3 is 10.2 Å². The largest absolute Gasteiger partial charge is 0.507 e. The molecular weight excluding hydrogens is 669 g/mol. The van der Waals surface area contributed by atoms with E-state index in [1.165, 1.54) is 11.1 Å². The summed E-state index contributed by atoms with van der Waals surface area (Å²) in [6, 6.07) is 68.1. The zero-order chi connectivity index (χ0) is 36.7. The Balaban J connectivity index is 1.45. The van der Waals surface area contributed by atoms with Crippen molar-refractivity contribution in [2.75, 3.05) is 0 Å². The number of aromatic hydroxyl groups is 2. The van der Waals surface area contributed by atoms with Crippen LogP contribution in [0.25, 0.3) is 76.5 Å². The highest BCUT2D eigenvalue weighted by molar-refractivity contribution is 6.10. The summed E-state index contributed by atoms with van der Waals surface area (Å²) in [5.41, 5.74) is 9.42. The molecule has 0 aliphatic heterocycles. The van der Waals surface area contributed by atoms with E-state index < -0.39 is 5.41 Å². The Labute approximate surface area is 318 Å². The maximum atomic E-state index is 12.1. The van der Waals surface area contributed by atoms with Crippen LogP contribution >= 0.6 is 0 Å². The summed E-state index contributed by atoms with van der Waals surface area (Å²) >= 11 is 0. The molecule has 10 aromatic carbocycles. The Hall–Kier alpha value is -7.16. The molecule has 11 rings (SSSR count). The second-order valence-electron chi connectivity index (χ2n) is 14.6. The van der Waals surface area contributed by atoms with Crippen molar-refractivity contribution in [3.05, 3.63) is 216 Å². The van der Waals surface area contributed by atoms with Crippen molar-refractivity contribution in [2.24, 2.45) is 0 Å². The molecule has 2 N–H and O–H groups in total. The van der Waals surface area contributed by atoms with Crippen molar-refractivity contribution in [1.29, 1.82) is 0 Å². The molecule has 0 atom stereocenters. The van der Waals surface area contributed by atoms with E-state index in [1.54, 1.807) is 0 Å². The normalized spacial score (nSPS) is 13.0. The summed E-state index contributed by atoms with van der Waals surface area (Å²) in [6.45, 7) is 0. The van der Waals surface area contributed by atoms with Gasteiger partial charge in [-0.3, -0.25) is 0 Å². The van der Waals surface area contributed by atoms with Gasteiger partial charge in [0, 0.05) is 11.1 Å². The minimum Gasteiger partial charge on any atom is -0.507 e. The molecule has 55 heavy (non-hydrogen) atoms. The van der Waals surface area contributed by atoms with E-state index >= 15 is 0 Å². The molecule has 2 heteroatoms. The van der Waals surface area contributed by atoms with E-state index in [1.807, 2.05) is 36.4 Å². The second kappa shape index (κ2) is 11.9. The minimum atomic E-state index is -0.924. The molecule has 10 aromatic rings. The van der Waals surface area contributed by atoms with Crippen LogP contribution < -0.4 is 0 Å². The predicted octanol–water partition coefficient (Wildman–Crippen LogP) is 13.4. The Morgan fingerprint density at radius 3 is 1.04 bits per heavy atom. The molecule has 1 aliphatic carbocycles. The Morgan fingerprint density at radius 2 is 0.600 bits per heavy atom. The third-order valence-corrected chi connectivity index (χ3v) is 11.9. The first kappa shape index (κ1) is 31.4. The monoisotopic (exact) mass is 702 g/mol. The fraction of sp³-hybridized carbons (Fsp3) is 0.0189. The number of hydrogen-bond acceptors (Lipinski definition) is 2. The number of fused-ring (bicyclic) bond motifs is 7. The number of rotatable bonds is 4. The molecule has 0 saturated carbocycles. The minimum absolute atomic E-state index is 0.231. The molecule has 258 valence electrons. The van der Waals surface area contributed by atoms with Crippen LogP contribution in [0.4, 0.5) is 0 Å². The third-order valence-electron chi connectivity index (χ3n) is 11.9. The molecule has 0 unspecified atom stereocenters. The van der Waals surface area contributed by atoms with Gasteiger partial charge in [0.05, 0.1) is 5.41 Å². The summed E-state index contributed by atoms with van der Waals surface area (Å²) < 4.78 is 0. The van der Waals surface area contributed by atoms with Crippen LogP contribution in [0, 0.1) is 0 Å². The molecular formula is C53H34O2. The lowest BCUT2D eigenvalue weighted by Gasteiger charge is -2.39. The maximum absolute atomic E-state index is 12.1. The molecule has 0 fully saturated rings. The van der Waals surface area contributed by atoms with Gasteiger partial charge in [0.1, 0.15) is 11.5 Å². The van der Waals surface area contributed by atoms with E-state index in [9.17, 15) is 10.2 Å². The summed E-state index contributed by atoms with van der Waals surface area (Å²) in [7, 11) is 0.